The molecule has 0 spiro atoms. The van der Waals surface area contributed by atoms with Crippen molar-refractivity contribution in [1.29, 1.82) is 0 Å². The Morgan fingerprint density at radius 2 is 1.76 bits per heavy atom. The Hall–Kier alpha value is -3.81. The summed E-state index contributed by atoms with van der Waals surface area (Å²) in [5.41, 5.74) is 1.27. The molecule has 0 saturated carbocycles. The predicted octanol–water partition coefficient (Wildman–Crippen LogP) is 4.53. The van der Waals surface area contributed by atoms with Gasteiger partial charge in [0.2, 0.25) is 5.89 Å². The summed E-state index contributed by atoms with van der Waals surface area (Å²) in [6, 6.07) is 14.3. The van der Waals surface area contributed by atoms with Crippen molar-refractivity contribution in [1.82, 2.24) is 10.2 Å². The molecule has 148 valence electrons. The number of hydrogen-bond acceptors (Lipinski definition) is 7. The van der Waals surface area contributed by atoms with Crippen LogP contribution in [0.1, 0.15) is 24.4 Å². The van der Waals surface area contributed by atoms with Gasteiger partial charge in [-0.05, 0) is 44.2 Å². The first-order valence-corrected chi connectivity index (χ1v) is 9.21. The molecule has 0 saturated heterocycles. The van der Waals surface area contributed by atoms with Crippen LogP contribution < -0.4 is 14.8 Å². The highest BCUT2D eigenvalue weighted by atomic mass is 16.5. The van der Waals surface area contributed by atoms with Crippen molar-refractivity contribution >= 4 is 22.9 Å². The SMILES string of the molecule is CCOc1ccc(-c2nnc(NC(=O)c3cc4ccccc4o3)o2)cc1OCC. The van der Waals surface area contributed by atoms with Crippen molar-refractivity contribution in [2.45, 2.75) is 13.8 Å². The third-order valence-electron chi connectivity index (χ3n) is 4.09. The van der Waals surface area contributed by atoms with E-state index in [2.05, 4.69) is 15.5 Å². The van der Waals surface area contributed by atoms with E-state index < -0.39 is 5.91 Å². The molecule has 0 aliphatic carbocycles. The second-order valence-electron chi connectivity index (χ2n) is 6.04. The molecule has 0 atom stereocenters. The molecular formula is C21H19N3O5. The second-order valence-corrected chi connectivity index (χ2v) is 6.04. The van der Waals surface area contributed by atoms with Gasteiger partial charge in [-0.1, -0.05) is 23.3 Å². The van der Waals surface area contributed by atoms with Crippen LogP contribution in [0.2, 0.25) is 0 Å². The highest BCUT2D eigenvalue weighted by Gasteiger charge is 2.17. The van der Waals surface area contributed by atoms with Gasteiger partial charge in [0.15, 0.2) is 17.3 Å². The largest absolute Gasteiger partial charge is 0.490 e. The van der Waals surface area contributed by atoms with Crippen LogP contribution in [0, 0.1) is 0 Å². The zero-order valence-corrected chi connectivity index (χ0v) is 16.0. The number of rotatable bonds is 7. The minimum Gasteiger partial charge on any atom is -0.490 e. The molecule has 1 amide bonds. The highest BCUT2D eigenvalue weighted by Crippen LogP contribution is 2.33. The minimum atomic E-state index is -0.474. The molecule has 0 unspecified atom stereocenters. The van der Waals surface area contributed by atoms with E-state index >= 15 is 0 Å². The zero-order valence-electron chi connectivity index (χ0n) is 16.0. The maximum atomic E-state index is 12.4. The summed E-state index contributed by atoms with van der Waals surface area (Å²) in [5.74, 6) is 1.14. The lowest BCUT2D eigenvalue weighted by molar-refractivity contribution is 0.0996. The Bertz CT molecular complexity index is 1120. The first-order chi connectivity index (χ1) is 14.2. The van der Waals surface area contributed by atoms with Crippen LogP contribution in [0.3, 0.4) is 0 Å². The number of nitrogens with zero attached hydrogens (tertiary/aromatic N) is 2. The van der Waals surface area contributed by atoms with Gasteiger partial charge in [0.1, 0.15) is 5.58 Å². The summed E-state index contributed by atoms with van der Waals surface area (Å²) in [6.07, 6.45) is 0. The third-order valence-corrected chi connectivity index (χ3v) is 4.09. The number of anilines is 1. The smallest absolute Gasteiger partial charge is 0.322 e. The number of carbonyl (C=O) groups is 1. The molecule has 0 bridgehead atoms. The molecule has 2 aromatic carbocycles. The first kappa shape index (κ1) is 18.5. The molecule has 4 rings (SSSR count). The fourth-order valence-electron chi connectivity index (χ4n) is 2.83. The lowest BCUT2D eigenvalue weighted by atomic mass is 10.2. The number of hydrogen-bond donors (Lipinski definition) is 1. The molecule has 0 radical (unpaired) electrons. The van der Waals surface area contributed by atoms with Gasteiger partial charge in [0, 0.05) is 10.9 Å². The van der Waals surface area contributed by atoms with E-state index in [0.29, 0.717) is 35.9 Å². The van der Waals surface area contributed by atoms with E-state index in [-0.39, 0.29) is 17.7 Å². The third kappa shape index (κ3) is 3.91. The van der Waals surface area contributed by atoms with Gasteiger partial charge in [0.25, 0.3) is 5.91 Å². The van der Waals surface area contributed by atoms with E-state index in [1.807, 2.05) is 32.0 Å². The van der Waals surface area contributed by atoms with Gasteiger partial charge in [-0.3, -0.25) is 10.1 Å². The number of para-hydroxylation sites is 1. The minimum absolute atomic E-state index is 0.0303. The van der Waals surface area contributed by atoms with Gasteiger partial charge in [-0.2, -0.15) is 0 Å². The Morgan fingerprint density at radius 1 is 0.966 bits per heavy atom. The number of nitrogens with one attached hydrogen (secondary N) is 1. The number of ether oxygens (including phenoxy) is 2. The summed E-state index contributed by atoms with van der Waals surface area (Å²) in [6.45, 7) is 4.81. The van der Waals surface area contributed by atoms with Crippen molar-refractivity contribution < 1.29 is 23.1 Å². The predicted molar refractivity (Wildman–Crippen MR) is 106 cm³/mol. The van der Waals surface area contributed by atoms with Crippen molar-refractivity contribution in [3.8, 4) is 23.0 Å². The van der Waals surface area contributed by atoms with Gasteiger partial charge in [0.05, 0.1) is 13.2 Å². The molecule has 29 heavy (non-hydrogen) atoms. The molecule has 4 aromatic rings. The van der Waals surface area contributed by atoms with E-state index in [0.717, 1.165) is 5.39 Å². The van der Waals surface area contributed by atoms with Gasteiger partial charge in [-0.25, -0.2) is 0 Å². The lowest BCUT2D eigenvalue weighted by Crippen LogP contribution is -2.10. The number of fused-ring (bicyclic) bond motifs is 1. The van der Waals surface area contributed by atoms with Crippen molar-refractivity contribution in [3.05, 3.63) is 54.3 Å². The Kier molecular flexibility index (Phi) is 5.15. The Morgan fingerprint density at radius 3 is 2.55 bits per heavy atom. The number of carbonyl (C=O) groups excluding carboxylic acids is 1. The van der Waals surface area contributed by atoms with Crippen LogP contribution in [0.15, 0.2) is 57.4 Å². The number of amides is 1. The maximum Gasteiger partial charge on any atom is 0.322 e. The second kappa shape index (κ2) is 8.05. The van der Waals surface area contributed by atoms with Gasteiger partial charge in [-0.15, -0.1) is 5.10 Å². The van der Waals surface area contributed by atoms with Gasteiger partial charge >= 0.3 is 6.01 Å². The lowest BCUT2D eigenvalue weighted by Gasteiger charge is -2.11. The van der Waals surface area contributed by atoms with Crippen LogP contribution in [-0.2, 0) is 0 Å². The van der Waals surface area contributed by atoms with E-state index in [1.165, 1.54) is 0 Å². The van der Waals surface area contributed by atoms with Crippen molar-refractivity contribution in [2.24, 2.45) is 0 Å². The molecule has 2 heterocycles. The summed E-state index contributed by atoms with van der Waals surface area (Å²) in [4.78, 5) is 12.4. The summed E-state index contributed by atoms with van der Waals surface area (Å²) in [5, 5.41) is 11.3. The monoisotopic (exact) mass is 393 g/mol. The molecule has 0 aliphatic heterocycles. The van der Waals surface area contributed by atoms with Crippen molar-refractivity contribution in [3.63, 3.8) is 0 Å². The highest BCUT2D eigenvalue weighted by molar-refractivity contribution is 6.03. The standard InChI is InChI=1S/C21H19N3O5/c1-3-26-16-10-9-14(12-17(16)27-4-2)20-23-24-21(29-20)22-19(25)18-11-13-7-5-6-8-15(13)28-18/h5-12H,3-4H2,1-2H3,(H,22,24,25). The van der Waals surface area contributed by atoms with Crippen LogP contribution in [0.5, 0.6) is 11.5 Å². The van der Waals surface area contributed by atoms with E-state index in [1.54, 1.807) is 30.3 Å². The van der Waals surface area contributed by atoms with E-state index in [4.69, 9.17) is 18.3 Å². The Labute approximate surface area is 166 Å². The molecule has 8 heteroatoms. The van der Waals surface area contributed by atoms with E-state index in [9.17, 15) is 4.79 Å². The van der Waals surface area contributed by atoms with Crippen molar-refractivity contribution in [2.75, 3.05) is 18.5 Å². The van der Waals surface area contributed by atoms with Crippen LogP contribution in [-0.4, -0.2) is 29.3 Å². The molecular weight excluding hydrogens is 374 g/mol. The summed E-state index contributed by atoms with van der Waals surface area (Å²) >= 11 is 0. The topological polar surface area (TPSA) is 99.6 Å². The molecule has 8 nitrogen and oxygen atoms in total. The number of furan rings is 1. The fraction of sp³-hybridized carbons (Fsp3) is 0.190. The summed E-state index contributed by atoms with van der Waals surface area (Å²) in [7, 11) is 0. The number of benzene rings is 2. The maximum absolute atomic E-state index is 12.4. The molecule has 1 N–H and O–H groups in total. The number of aromatic nitrogens is 2. The fourth-order valence-corrected chi connectivity index (χ4v) is 2.83. The van der Waals surface area contributed by atoms with Crippen LogP contribution in [0.25, 0.3) is 22.4 Å². The molecule has 0 fully saturated rings. The average Bonchev–Trinajstić information content (AvgIpc) is 3.36. The van der Waals surface area contributed by atoms with Crippen LogP contribution >= 0.6 is 0 Å². The molecule has 0 aliphatic rings. The molecule has 2 aromatic heterocycles. The van der Waals surface area contributed by atoms with Crippen LogP contribution in [0.4, 0.5) is 6.01 Å². The first-order valence-electron chi connectivity index (χ1n) is 9.21. The normalized spacial score (nSPS) is 10.8. The quantitative estimate of drug-likeness (QED) is 0.492. The zero-order chi connectivity index (χ0) is 20.2. The Balaban J connectivity index is 1.53. The average molecular weight is 393 g/mol. The summed E-state index contributed by atoms with van der Waals surface area (Å²) < 4.78 is 22.3. The van der Waals surface area contributed by atoms with Gasteiger partial charge < -0.3 is 18.3 Å².